The normalized spacial score (nSPS) is 19.1. The highest BCUT2D eigenvalue weighted by Crippen LogP contribution is 2.32. The van der Waals surface area contributed by atoms with Crippen molar-refractivity contribution in [3.8, 4) is 0 Å². The van der Waals surface area contributed by atoms with Crippen LogP contribution in [0.2, 0.25) is 0 Å². The maximum atomic E-state index is 12.5. The topological polar surface area (TPSA) is 49.3 Å². The van der Waals surface area contributed by atoms with E-state index in [9.17, 15) is 9.90 Å². The fourth-order valence-electron chi connectivity index (χ4n) is 2.60. The Bertz CT molecular complexity index is 428. The van der Waals surface area contributed by atoms with Crippen LogP contribution in [0.5, 0.6) is 0 Å². The van der Waals surface area contributed by atoms with Crippen LogP contribution < -0.4 is 5.32 Å². The van der Waals surface area contributed by atoms with E-state index in [1.807, 2.05) is 30.3 Å². The van der Waals surface area contributed by atoms with Crippen LogP contribution >= 0.6 is 0 Å². The molecule has 3 atom stereocenters. The largest absolute Gasteiger partial charge is 0.391 e. The van der Waals surface area contributed by atoms with E-state index in [2.05, 4.69) is 19.2 Å². The van der Waals surface area contributed by atoms with Crippen LogP contribution in [0.25, 0.3) is 0 Å². The van der Waals surface area contributed by atoms with Crippen molar-refractivity contribution in [3.63, 3.8) is 0 Å². The molecular weight excluding hydrogens is 250 g/mol. The minimum Gasteiger partial charge on any atom is -0.391 e. The zero-order valence-electron chi connectivity index (χ0n) is 12.4. The van der Waals surface area contributed by atoms with Crippen LogP contribution in [0.1, 0.15) is 44.6 Å². The van der Waals surface area contributed by atoms with E-state index < -0.39 is 0 Å². The third-order valence-electron chi connectivity index (χ3n) is 4.31. The fraction of sp³-hybridized carbons (Fsp3) is 0.588. The minimum absolute atomic E-state index is 0.0326. The highest BCUT2D eigenvalue weighted by atomic mass is 16.3. The predicted octanol–water partition coefficient (Wildman–Crippen LogP) is 2.70. The van der Waals surface area contributed by atoms with E-state index in [0.717, 1.165) is 24.8 Å². The lowest BCUT2D eigenvalue weighted by molar-refractivity contribution is -0.124. The zero-order chi connectivity index (χ0) is 14.5. The average Bonchev–Trinajstić information content (AvgIpc) is 3.30. The first kappa shape index (κ1) is 15.0. The van der Waals surface area contributed by atoms with Gasteiger partial charge >= 0.3 is 0 Å². The van der Waals surface area contributed by atoms with Crippen molar-refractivity contribution < 1.29 is 9.90 Å². The van der Waals surface area contributed by atoms with Crippen molar-refractivity contribution in [3.05, 3.63) is 35.9 Å². The number of carbonyl (C=O) groups excluding carboxylic acids is 1. The molecule has 1 aliphatic rings. The minimum atomic E-state index is -0.382. The highest BCUT2D eigenvalue weighted by molar-refractivity contribution is 5.84. The molecule has 0 radical (unpaired) electrons. The number of amides is 1. The summed E-state index contributed by atoms with van der Waals surface area (Å²) in [5.41, 5.74) is 1.06. The molecule has 0 bridgehead atoms. The van der Waals surface area contributed by atoms with Crippen molar-refractivity contribution in [2.75, 3.05) is 6.54 Å². The standard InChI is InChI=1S/C17H25NO2/c1-3-12(2)16(14-7-5-4-6-8-14)17(20)18-11-15(19)13-9-10-13/h4-8,12-13,15-16,19H,3,9-11H2,1-2H3,(H,18,20). The van der Waals surface area contributed by atoms with Gasteiger partial charge in [0.25, 0.3) is 0 Å². The van der Waals surface area contributed by atoms with Gasteiger partial charge in [0.2, 0.25) is 5.91 Å². The summed E-state index contributed by atoms with van der Waals surface area (Å²) < 4.78 is 0. The van der Waals surface area contributed by atoms with Gasteiger partial charge in [-0.15, -0.1) is 0 Å². The van der Waals surface area contributed by atoms with E-state index in [1.165, 1.54) is 0 Å². The average molecular weight is 275 g/mol. The molecule has 0 saturated heterocycles. The lowest BCUT2D eigenvalue weighted by Crippen LogP contribution is -2.38. The quantitative estimate of drug-likeness (QED) is 0.804. The lowest BCUT2D eigenvalue weighted by Gasteiger charge is -2.23. The number of benzene rings is 1. The Hall–Kier alpha value is -1.35. The molecular formula is C17H25NO2. The highest BCUT2D eigenvalue weighted by Gasteiger charge is 2.31. The molecule has 1 saturated carbocycles. The van der Waals surface area contributed by atoms with E-state index >= 15 is 0 Å². The molecule has 1 aromatic carbocycles. The van der Waals surface area contributed by atoms with Crippen molar-refractivity contribution in [1.82, 2.24) is 5.32 Å². The Morgan fingerprint density at radius 1 is 1.35 bits per heavy atom. The molecule has 0 aromatic heterocycles. The monoisotopic (exact) mass is 275 g/mol. The van der Waals surface area contributed by atoms with Gasteiger partial charge in [0.15, 0.2) is 0 Å². The Morgan fingerprint density at radius 3 is 2.55 bits per heavy atom. The number of nitrogens with one attached hydrogen (secondary N) is 1. The first-order valence-corrected chi connectivity index (χ1v) is 7.64. The van der Waals surface area contributed by atoms with Crippen molar-refractivity contribution in [2.24, 2.45) is 11.8 Å². The number of rotatable bonds is 7. The summed E-state index contributed by atoms with van der Waals surface area (Å²) in [5.74, 6) is 0.586. The molecule has 2 rings (SSSR count). The molecule has 1 fully saturated rings. The van der Waals surface area contributed by atoms with Gasteiger partial charge in [0, 0.05) is 6.54 Å². The molecule has 1 aromatic rings. The molecule has 0 aliphatic heterocycles. The smallest absolute Gasteiger partial charge is 0.227 e. The third-order valence-corrected chi connectivity index (χ3v) is 4.31. The van der Waals surface area contributed by atoms with Gasteiger partial charge in [-0.05, 0) is 30.2 Å². The summed E-state index contributed by atoms with van der Waals surface area (Å²) in [7, 11) is 0. The van der Waals surface area contributed by atoms with Gasteiger partial charge in [0.1, 0.15) is 0 Å². The van der Waals surface area contributed by atoms with E-state index in [0.29, 0.717) is 12.5 Å². The second-order valence-electron chi connectivity index (χ2n) is 5.92. The Labute approximate surface area is 121 Å². The van der Waals surface area contributed by atoms with Gasteiger partial charge in [-0.25, -0.2) is 0 Å². The van der Waals surface area contributed by atoms with Gasteiger partial charge in [-0.2, -0.15) is 0 Å². The first-order valence-electron chi connectivity index (χ1n) is 7.64. The Kier molecular flexibility index (Phi) is 5.18. The molecule has 1 amide bonds. The van der Waals surface area contributed by atoms with Gasteiger partial charge in [-0.3, -0.25) is 4.79 Å². The van der Waals surface area contributed by atoms with Crippen LogP contribution in [0.4, 0.5) is 0 Å². The molecule has 3 nitrogen and oxygen atoms in total. The second-order valence-corrected chi connectivity index (χ2v) is 5.92. The van der Waals surface area contributed by atoms with Crippen LogP contribution in [0.3, 0.4) is 0 Å². The summed E-state index contributed by atoms with van der Waals surface area (Å²) >= 11 is 0. The fourth-order valence-corrected chi connectivity index (χ4v) is 2.60. The zero-order valence-corrected chi connectivity index (χ0v) is 12.4. The first-order chi connectivity index (χ1) is 9.63. The van der Waals surface area contributed by atoms with E-state index in [4.69, 9.17) is 0 Å². The molecule has 3 unspecified atom stereocenters. The number of aliphatic hydroxyl groups excluding tert-OH is 1. The van der Waals surface area contributed by atoms with Gasteiger partial charge < -0.3 is 10.4 Å². The number of hydrogen-bond acceptors (Lipinski definition) is 2. The molecule has 1 aliphatic carbocycles. The summed E-state index contributed by atoms with van der Waals surface area (Å²) in [4.78, 5) is 12.5. The number of carbonyl (C=O) groups is 1. The molecule has 3 heteroatoms. The summed E-state index contributed by atoms with van der Waals surface area (Å²) in [6.45, 7) is 4.59. The van der Waals surface area contributed by atoms with Crippen LogP contribution in [0.15, 0.2) is 30.3 Å². The van der Waals surface area contributed by atoms with Gasteiger partial charge in [0.05, 0.1) is 12.0 Å². The van der Waals surface area contributed by atoms with Crippen molar-refractivity contribution >= 4 is 5.91 Å². The second kappa shape index (κ2) is 6.89. The molecule has 110 valence electrons. The summed E-state index contributed by atoms with van der Waals surface area (Å²) in [6, 6.07) is 9.92. The third kappa shape index (κ3) is 3.83. The SMILES string of the molecule is CCC(C)C(C(=O)NCC(O)C1CC1)c1ccccc1. The van der Waals surface area contributed by atoms with E-state index in [-0.39, 0.29) is 23.8 Å². The lowest BCUT2D eigenvalue weighted by atomic mass is 9.85. The van der Waals surface area contributed by atoms with Crippen LogP contribution in [0, 0.1) is 11.8 Å². The molecule has 2 N–H and O–H groups in total. The Balaban J connectivity index is 2.00. The maximum absolute atomic E-state index is 12.5. The van der Waals surface area contributed by atoms with Gasteiger partial charge in [-0.1, -0.05) is 50.6 Å². The van der Waals surface area contributed by atoms with Crippen LogP contribution in [-0.4, -0.2) is 23.7 Å². The Morgan fingerprint density at radius 2 is 2.00 bits per heavy atom. The molecule has 0 heterocycles. The predicted molar refractivity (Wildman–Crippen MR) is 80.4 cm³/mol. The van der Waals surface area contributed by atoms with Crippen molar-refractivity contribution in [1.29, 1.82) is 0 Å². The summed E-state index contributed by atoms with van der Waals surface area (Å²) in [6.07, 6.45) is 2.75. The molecule has 20 heavy (non-hydrogen) atoms. The maximum Gasteiger partial charge on any atom is 0.227 e. The number of hydrogen-bond donors (Lipinski definition) is 2. The number of aliphatic hydroxyl groups is 1. The van der Waals surface area contributed by atoms with Crippen LogP contribution in [-0.2, 0) is 4.79 Å². The van der Waals surface area contributed by atoms with Crippen molar-refractivity contribution in [2.45, 2.75) is 45.1 Å². The summed E-state index contributed by atoms with van der Waals surface area (Å²) in [5, 5.41) is 12.8. The van der Waals surface area contributed by atoms with E-state index in [1.54, 1.807) is 0 Å². The molecule has 0 spiro atoms.